The van der Waals surface area contributed by atoms with Gasteiger partial charge < -0.3 is 0 Å². The summed E-state index contributed by atoms with van der Waals surface area (Å²) in [5.41, 5.74) is -0.505. The third-order valence-corrected chi connectivity index (χ3v) is 32.4. The number of halogens is 3. The second kappa shape index (κ2) is 13.0. The Balaban J connectivity index is 2.56. The average Bonchev–Trinajstić information content (AvgIpc) is 3.39. The Hall–Kier alpha value is 0.396. The van der Waals surface area contributed by atoms with E-state index in [-0.39, 0.29) is 17.1 Å². The number of hydrogen-bond donors (Lipinski definition) is 0. The van der Waals surface area contributed by atoms with Crippen molar-refractivity contribution in [2.75, 3.05) is 0 Å². The van der Waals surface area contributed by atoms with Gasteiger partial charge in [-0.2, -0.15) is 0 Å². The average molecular weight is 641 g/mol. The van der Waals surface area contributed by atoms with Crippen LogP contribution >= 0.6 is 11.3 Å². The molecule has 1 saturated carbocycles. The van der Waals surface area contributed by atoms with Gasteiger partial charge in [-0.25, -0.2) is 0 Å². The molecule has 2 atom stereocenters. The summed E-state index contributed by atoms with van der Waals surface area (Å²) >= 11 is -1.81. The summed E-state index contributed by atoms with van der Waals surface area (Å²) in [7, 11) is -2.01. The summed E-state index contributed by atoms with van der Waals surface area (Å²) in [6.45, 7) is 17.7. The molecular weight excluding hydrogens is 590 g/mol. The van der Waals surface area contributed by atoms with E-state index in [9.17, 15) is 13.2 Å². The molecule has 2 nitrogen and oxygen atoms in total. The topological polar surface area (TPSA) is 22.1 Å². The summed E-state index contributed by atoms with van der Waals surface area (Å²) in [5, 5.41) is 0.802. The zero-order valence-corrected chi connectivity index (χ0v) is 28.2. The van der Waals surface area contributed by atoms with Crippen LogP contribution in [0.25, 0.3) is 0 Å². The van der Waals surface area contributed by atoms with Gasteiger partial charge in [0.15, 0.2) is 0 Å². The van der Waals surface area contributed by atoms with Crippen LogP contribution in [0.1, 0.15) is 116 Å². The molecule has 0 radical (unpaired) electrons. The van der Waals surface area contributed by atoms with Crippen LogP contribution in [0.3, 0.4) is 0 Å². The summed E-state index contributed by atoms with van der Waals surface area (Å²) in [4.78, 5) is 4.48. The molecule has 0 spiro atoms. The third-order valence-electron chi connectivity index (χ3n) is 8.44. The molecule has 1 aliphatic rings. The zero-order chi connectivity index (χ0) is 26.5. The minimum atomic E-state index is -4.37. The van der Waals surface area contributed by atoms with Gasteiger partial charge in [0, 0.05) is 0 Å². The van der Waals surface area contributed by atoms with Gasteiger partial charge >= 0.3 is 223 Å². The predicted molar refractivity (Wildman–Crippen MR) is 150 cm³/mol. The Labute approximate surface area is 222 Å². The van der Waals surface area contributed by atoms with Crippen LogP contribution in [0.2, 0.25) is 31.4 Å². The summed E-state index contributed by atoms with van der Waals surface area (Å²) in [5.74, 6) is 0.0106. The van der Waals surface area contributed by atoms with Crippen molar-refractivity contribution in [3.05, 3.63) is 10.7 Å². The Bertz CT molecular complexity index is 769. The first kappa shape index (κ1) is 31.6. The van der Waals surface area contributed by atoms with E-state index in [0.29, 0.717) is 0 Å². The quantitative estimate of drug-likeness (QED) is 0.200. The first-order valence-electron chi connectivity index (χ1n) is 14.0. The van der Waals surface area contributed by atoms with Crippen LogP contribution in [-0.4, -0.2) is 37.8 Å². The molecule has 0 aliphatic heterocycles. The van der Waals surface area contributed by atoms with Crippen LogP contribution in [0.5, 0.6) is 0 Å². The van der Waals surface area contributed by atoms with Gasteiger partial charge in [0.1, 0.15) is 0 Å². The maximum absolute atomic E-state index is 14.5. The molecule has 1 aromatic rings. The number of rotatable bonds is 13. The second-order valence-electron chi connectivity index (χ2n) is 12.3. The van der Waals surface area contributed by atoms with Crippen LogP contribution in [0.4, 0.5) is 13.2 Å². The third kappa shape index (κ3) is 7.95. The van der Waals surface area contributed by atoms with Gasteiger partial charge in [0.2, 0.25) is 0 Å². The van der Waals surface area contributed by atoms with Gasteiger partial charge in [-0.05, 0) is 0 Å². The van der Waals surface area contributed by atoms with E-state index in [1.807, 2.05) is 0 Å². The van der Waals surface area contributed by atoms with Crippen molar-refractivity contribution in [1.82, 2.24) is 4.98 Å². The van der Waals surface area contributed by atoms with E-state index in [1.54, 1.807) is 0 Å². The van der Waals surface area contributed by atoms with E-state index < -0.39 is 38.6 Å². The zero-order valence-electron chi connectivity index (χ0n) is 23.5. The molecule has 35 heavy (non-hydrogen) atoms. The van der Waals surface area contributed by atoms with Crippen molar-refractivity contribution in [2.24, 2.45) is 0 Å². The van der Waals surface area contributed by atoms with Crippen molar-refractivity contribution in [3.8, 4) is 0 Å². The fourth-order valence-corrected chi connectivity index (χ4v) is 27.6. The Morgan fingerprint density at radius 2 is 1.46 bits per heavy atom. The number of nitrogens with zero attached hydrogens (tertiary/aromatic N) is 1. The first-order valence-corrected chi connectivity index (χ1v) is 25.2. The molecule has 0 aromatic carbocycles. The number of thiazole rings is 1. The van der Waals surface area contributed by atoms with Crippen molar-refractivity contribution in [1.29, 1.82) is 0 Å². The van der Waals surface area contributed by atoms with Crippen LogP contribution < -0.4 is 2.89 Å². The van der Waals surface area contributed by atoms with Gasteiger partial charge in [0.05, 0.1) is 0 Å². The predicted octanol–water partition coefficient (Wildman–Crippen LogP) is 9.88. The monoisotopic (exact) mass is 641 g/mol. The second-order valence-corrected chi connectivity index (χ2v) is 32.1. The summed E-state index contributed by atoms with van der Waals surface area (Å²) in [6, 6.07) is 0. The molecule has 2 unspecified atom stereocenters. The van der Waals surface area contributed by atoms with Gasteiger partial charge in [-0.15, -0.1) is 0 Å². The molecule has 2 rings (SSSR count). The van der Waals surface area contributed by atoms with E-state index in [2.05, 4.69) is 59.6 Å². The van der Waals surface area contributed by atoms with Gasteiger partial charge in [-0.3, -0.25) is 0 Å². The van der Waals surface area contributed by atoms with E-state index in [1.165, 1.54) is 11.3 Å². The van der Waals surface area contributed by atoms with Gasteiger partial charge in [-0.1, -0.05) is 0 Å². The SMILES string of the molecule is CCC[CH2][Sn]([CH2]CCC)([CH2]CCC)[c]1sc(C2CCCC2O[Si](C)(C)C(C)(C)C)nc1C(F)(F)F. The normalized spacial score (nSPS) is 20.1. The molecule has 204 valence electrons. The molecule has 0 amide bonds. The van der Waals surface area contributed by atoms with E-state index >= 15 is 0 Å². The number of aromatic nitrogens is 1. The van der Waals surface area contributed by atoms with Crippen molar-refractivity contribution in [3.63, 3.8) is 0 Å². The molecule has 0 saturated heterocycles. The standard InChI is InChI=1S/C15H23F3NOSSi.3C4H9.Sn/c1-14(2,3)22(4,5)20-11-8-6-7-10(11)13-19-12(9-21-13)15(16,17)18;3*1-3-4-2;/h10-11H,6-8H2,1-5H3;3*1,3-4H2,2H3;. The summed E-state index contributed by atoms with van der Waals surface area (Å²) in [6.07, 6.45) is 4.77. The summed E-state index contributed by atoms with van der Waals surface area (Å²) < 4.78 is 54.2. The van der Waals surface area contributed by atoms with Crippen molar-refractivity contribution in [2.45, 2.75) is 149 Å². The Morgan fingerprint density at radius 1 is 0.943 bits per heavy atom. The number of alkyl halides is 3. The molecule has 1 heterocycles. The molecular formula is C27H50F3NOSSiSn. The molecule has 1 aromatic heterocycles. The molecule has 0 N–H and O–H groups in total. The van der Waals surface area contributed by atoms with Gasteiger partial charge in [0.25, 0.3) is 0 Å². The Kier molecular flexibility index (Phi) is 11.7. The van der Waals surface area contributed by atoms with Crippen molar-refractivity contribution < 1.29 is 17.6 Å². The van der Waals surface area contributed by atoms with E-state index in [0.717, 1.165) is 79.0 Å². The number of hydrogen-bond acceptors (Lipinski definition) is 3. The Morgan fingerprint density at radius 3 is 1.89 bits per heavy atom. The van der Waals surface area contributed by atoms with E-state index in [4.69, 9.17) is 4.43 Å². The van der Waals surface area contributed by atoms with Crippen LogP contribution in [0.15, 0.2) is 0 Å². The molecule has 1 aliphatic carbocycles. The maximum atomic E-state index is 14.5. The minimum absolute atomic E-state index is 0.00232. The molecule has 0 bridgehead atoms. The first-order chi connectivity index (χ1) is 16.2. The van der Waals surface area contributed by atoms with Crippen LogP contribution in [-0.2, 0) is 10.6 Å². The fourth-order valence-electron chi connectivity index (χ4n) is 5.21. The number of unbranched alkanes of at least 4 members (excludes halogenated alkanes) is 3. The molecule has 8 heteroatoms. The molecule has 1 fully saturated rings. The van der Waals surface area contributed by atoms with Crippen LogP contribution in [0, 0.1) is 0 Å². The fraction of sp³-hybridized carbons (Fsp3) is 0.889. The van der Waals surface area contributed by atoms with Crippen molar-refractivity contribution >= 4 is 40.9 Å².